The highest BCUT2D eigenvalue weighted by molar-refractivity contribution is 7.14. The van der Waals surface area contributed by atoms with E-state index in [9.17, 15) is 4.79 Å². The van der Waals surface area contributed by atoms with Gasteiger partial charge in [-0.2, -0.15) is 5.10 Å². The number of hydrogen-bond donors (Lipinski definition) is 1. The first kappa shape index (κ1) is 17.9. The van der Waals surface area contributed by atoms with Gasteiger partial charge in [0, 0.05) is 16.5 Å². The van der Waals surface area contributed by atoms with Crippen molar-refractivity contribution in [2.24, 2.45) is 5.10 Å². The standard InChI is InChI=1S/C22H17N3O2S/c1-27-21(26)19-9-5-4-8-18(19)13-23-25-22-24-20(14-28-22)17-11-10-15-6-2-3-7-16(15)12-17/h2-14H,1H3,(H,24,25)/b23-13+. The second-order valence-corrected chi connectivity index (χ2v) is 6.91. The molecule has 0 radical (unpaired) electrons. The van der Waals surface area contributed by atoms with Gasteiger partial charge in [-0.1, -0.05) is 54.6 Å². The number of rotatable bonds is 5. The number of methoxy groups -OCH3 is 1. The zero-order valence-corrected chi connectivity index (χ0v) is 15.9. The highest BCUT2D eigenvalue weighted by Crippen LogP contribution is 2.27. The van der Waals surface area contributed by atoms with Crippen LogP contribution in [0, 0.1) is 0 Å². The van der Waals surface area contributed by atoms with E-state index in [-0.39, 0.29) is 0 Å². The molecule has 0 saturated carbocycles. The lowest BCUT2D eigenvalue weighted by Gasteiger charge is -2.02. The minimum Gasteiger partial charge on any atom is -0.465 e. The summed E-state index contributed by atoms with van der Waals surface area (Å²) in [7, 11) is 1.36. The fraction of sp³-hybridized carbons (Fsp3) is 0.0455. The Morgan fingerprint density at radius 1 is 1.07 bits per heavy atom. The van der Waals surface area contributed by atoms with Crippen molar-refractivity contribution in [3.63, 3.8) is 0 Å². The van der Waals surface area contributed by atoms with Gasteiger partial charge in [0.05, 0.1) is 24.6 Å². The van der Waals surface area contributed by atoms with E-state index in [1.807, 2.05) is 23.6 Å². The van der Waals surface area contributed by atoms with Crippen molar-refractivity contribution in [3.05, 3.63) is 83.2 Å². The highest BCUT2D eigenvalue weighted by Gasteiger charge is 2.09. The Labute approximate surface area is 166 Å². The van der Waals surface area contributed by atoms with Crippen LogP contribution in [0.4, 0.5) is 5.13 Å². The first-order valence-corrected chi connectivity index (χ1v) is 9.54. The molecule has 1 heterocycles. The van der Waals surface area contributed by atoms with E-state index >= 15 is 0 Å². The van der Waals surface area contributed by atoms with Gasteiger partial charge in [-0.25, -0.2) is 9.78 Å². The van der Waals surface area contributed by atoms with E-state index in [1.165, 1.54) is 29.2 Å². The molecular formula is C22H17N3O2S. The predicted octanol–water partition coefficient (Wildman–Crippen LogP) is 5.20. The number of hydrazone groups is 1. The van der Waals surface area contributed by atoms with Gasteiger partial charge in [-0.3, -0.25) is 5.43 Å². The second-order valence-electron chi connectivity index (χ2n) is 6.05. The van der Waals surface area contributed by atoms with Gasteiger partial charge in [0.2, 0.25) is 5.13 Å². The first-order valence-electron chi connectivity index (χ1n) is 8.66. The summed E-state index contributed by atoms with van der Waals surface area (Å²) in [5.41, 5.74) is 6.02. The Morgan fingerprint density at radius 2 is 1.86 bits per heavy atom. The van der Waals surface area contributed by atoms with E-state index in [2.05, 4.69) is 45.8 Å². The van der Waals surface area contributed by atoms with Crippen molar-refractivity contribution in [1.29, 1.82) is 0 Å². The molecule has 0 bridgehead atoms. The van der Waals surface area contributed by atoms with Crippen molar-refractivity contribution >= 4 is 39.4 Å². The Morgan fingerprint density at radius 3 is 2.71 bits per heavy atom. The topological polar surface area (TPSA) is 63.6 Å². The molecule has 0 spiro atoms. The second kappa shape index (κ2) is 8.02. The summed E-state index contributed by atoms with van der Waals surface area (Å²) in [4.78, 5) is 16.4. The van der Waals surface area contributed by atoms with Gasteiger partial charge >= 0.3 is 5.97 Å². The first-order chi connectivity index (χ1) is 13.7. The number of aromatic nitrogens is 1. The highest BCUT2D eigenvalue weighted by atomic mass is 32.1. The van der Waals surface area contributed by atoms with E-state index in [1.54, 1.807) is 24.4 Å². The number of esters is 1. The molecule has 0 unspecified atom stereocenters. The van der Waals surface area contributed by atoms with Gasteiger partial charge in [-0.05, 0) is 22.9 Å². The third-order valence-electron chi connectivity index (χ3n) is 4.28. The van der Waals surface area contributed by atoms with Crippen LogP contribution in [0.2, 0.25) is 0 Å². The Kier molecular flexibility index (Phi) is 5.12. The monoisotopic (exact) mass is 387 g/mol. The van der Waals surface area contributed by atoms with Crippen LogP contribution >= 0.6 is 11.3 Å². The van der Waals surface area contributed by atoms with E-state index in [0.717, 1.165) is 11.3 Å². The fourth-order valence-corrected chi connectivity index (χ4v) is 3.54. The van der Waals surface area contributed by atoms with Crippen LogP contribution < -0.4 is 5.43 Å². The summed E-state index contributed by atoms with van der Waals surface area (Å²) < 4.78 is 4.79. The van der Waals surface area contributed by atoms with Crippen molar-refractivity contribution in [2.45, 2.75) is 0 Å². The SMILES string of the molecule is COC(=O)c1ccccc1/C=N/Nc1nc(-c2ccc3ccccc3c2)cs1. The molecule has 6 heteroatoms. The molecule has 4 rings (SSSR count). The number of carbonyl (C=O) groups is 1. The molecule has 0 atom stereocenters. The third-order valence-corrected chi connectivity index (χ3v) is 5.03. The number of ether oxygens (including phenoxy) is 1. The molecule has 5 nitrogen and oxygen atoms in total. The van der Waals surface area contributed by atoms with Gasteiger partial charge in [0.15, 0.2) is 0 Å². The molecule has 0 amide bonds. The van der Waals surface area contributed by atoms with Crippen LogP contribution in [-0.4, -0.2) is 24.3 Å². The molecule has 4 aromatic rings. The maximum atomic E-state index is 11.8. The largest absolute Gasteiger partial charge is 0.465 e. The number of hydrogen-bond acceptors (Lipinski definition) is 6. The molecule has 3 aromatic carbocycles. The quantitative estimate of drug-likeness (QED) is 0.291. The van der Waals surface area contributed by atoms with Crippen LogP contribution in [0.15, 0.2) is 77.2 Å². The summed E-state index contributed by atoms with van der Waals surface area (Å²) in [6.07, 6.45) is 1.59. The van der Waals surface area contributed by atoms with Crippen LogP contribution in [0.3, 0.4) is 0 Å². The average molecular weight is 387 g/mol. The summed E-state index contributed by atoms with van der Waals surface area (Å²) in [6.45, 7) is 0. The number of thiazole rings is 1. The fourth-order valence-electron chi connectivity index (χ4n) is 2.87. The van der Waals surface area contributed by atoms with E-state index < -0.39 is 5.97 Å². The lowest BCUT2D eigenvalue weighted by Crippen LogP contribution is -2.05. The Hall–Kier alpha value is -3.51. The molecule has 1 aromatic heterocycles. The molecule has 138 valence electrons. The predicted molar refractivity (Wildman–Crippen MR) is 114 cm³/mol. The van der Waals surface area contributed by atoms with E-state index in [4.69, 9.17) is 4.74 Å². The van der Waals surface area contributed by atoms with Crippen LogP contribution in [-0.2, 0) is 4.74 Å². The van der Waals surface area contributed by atoms with Crippen LogP contribution in [0.1, 0.15) is 15.9 Å². The molecule has 0 fully saturated rings. The third kappa shape index (κ3) is 3.77. The molecule has 28 heavy (non-hydrogen) atoms. The zero-order valence-electron chi connectivity index (χ0n) is 15.1. The number of nitrogens with zero attached hydrogens (tertiary/aromatic N) is 2. The Balaban J connectivity index is 1.51. The van der Waals surface area contributed by atoms with Crippen molar-refractivity contribution < 1.29 is 9.53 Å². The Bertz CT molecular complexity index is 1170. The van der Waals surface area contributed by atoms with E-state index in [0.29, 0.717) is 16.3 Å². The van der Waals surface area contributed by atoms with Gasteiger partial charge in [-0.15, -0.1) is 11.3 Å². The summed E-state index contributed by atoms with van der Waals surface area (Å²) in [6, 6.07) is 21.7. The minimum absolute atomic E-state index is 0.394. The van der Waals surface area contributed by atoms with Gasteiger partial charge < -0.3 is 4.74 Å². The number of fused-ring (bicyclic) bond motifs is 1. The molecule has 0 saturated heterocycles. The van der Waals surface area contributed by atoms with Crippen molar-refractivity contribution in [1.82, 2.24) is 4.98 Å². The zero-order chi connectivity index (χ0) is 19.3. The number of benzene rings is 3. The lowest BCUT2D eigenvalue weighted by molar-refractivity contribution is 0.0600. The maximum absolute atomic E-state index is 11.8. The number of anilines is 1. The molecule has 0 aliphatic rings. The van der Waals surface area contributed by atoms with Crippen LogP contribution in [0.5, 0.6) is 0 Å². The summed E-state index contributed by atoms with van der Waals surface area (Å²) in [5, 5.41) is 9.26. The lowest BCUT2D eigenvalue weighted by atomic mass is 10.1. The molecule has 0 aliphatic heterocycles. The molecular weight excluding hydrogens is 370 g/mol. The smallest absolute Gasteiger partial charge is 0.338 e. The van der Waals surface area contributed by atoms with Gasteiger partial charge in [0.25, 0.3) is 0 Å². The van der Waals surface area contributed by atoms with Gasteiger partial charge in [0.1, 0.15) is 0 Å². The summed E-state index contributed by atoms with van der Waals surface area (Å²) in [5.74, 6) is -0.394. The van der Waals surface area contributed by atoms with Crippen LogP contribution in [0.25, 0.3) is 22.0 Å². The number of carbonyl (C=O) groups excluding carboxylic acids is 1. The minimum atomic E-state index is -0.394. The average Bonchev–Trinajstić information content (AvgIpc) is 3.22. The summed E-state index contributed by atoms with van der Waals surface area (Å²) >= 11 is 1.47. The maximum Gasteiger partial charge on any atom is 0.338 e. The number of nitrogens with one attached hydrogen (secondary N) is 1. The molecule has 1 N–H and O–H groups in total. The molecule has 0 aliphatic carbocycles. The van der Waals surface area contributed by atoms with Crippen molar-refractivity contribution in [2.75, 3.05) is 12.5 Å². The normalized spacial score (nSPS) is 11.0. The van der Waals surface area contributed by atoms with Crippen molar-refractivity contribution in [3.8, 4) is 11.3 Å².